The van der Waals surface area contributed by atoms with Gasteiger partial charge in [0, 0.05) is 5.56 Å². The molecule has 2 rings (SSSR count). The second-order valence-electron chi connectivity index (χ2n) is 4.05. The SMILES string of the molecule is CCc1nnc(C)cc1C(=NC1CC1)NN. The largest absolute Gasteiger partial charge is 0.308 e. The van der Waals surface area contributed by atoms with Crippen molar-refractivity contribution in [2.45, 2.75) is 39.2 Å². The van der Waals surface area contributed by atoms with Crippen LogP contribution in [0.25, 0.3) is 0 Å². The first-order valence-electron chi connectivity index (χ1n) is 5.62. The van der Waals surface area contributed by atoms with Crippen molar-refractivity contribution in [3.05, 3.63) is 23.0 Å². The highest BCUT2D eigenvalue weighted by atomic mass is 15.3. The highest BCUT2D eigenvalue weighted by molar-refractivity contribution is 5.99. The maximum atomic E-state index is 5.53. The minimum Gasteiger partial charge on any atom is -0.308 e. The Morgan fingerprint density at radius 1 is 1.56 bits per heavy atom. The molecule has 0 saturated heterocycles. The van der Waals surface area contributed by atoms with Crippen LogP contribution in [0.2, 0.25) is 0 Å². The number of nitrogens with one attached hydrogen (secondary N) is 1. The lowest BCUT2D eigenvalue weighted by Crippen LogP contribution is -2.32. The van der Waals surface area contributed by atoms with E-state index in [-0.39, 0.29) is 0 Å². The minimum atomic E-state index is 0.434. The van der Waals surface area contributed by atoms with Crippen molar-refractivity contribution in [2.75, 3.05) is 0 Å². The number of hydrogen-bond donors (Lipinski definition) is 2. The lowest BCUT2D eigenvalue weighted by atomic mass is 10.1. The average Bonchev–Trinajstić information content (AvgIpc) is 3.09. The summed E-state index contributed by atoms with van der Waals surface area (Å²) in [6, 6.07) is 2.41. The molecule has 1 aromatic heterocycles. The zero-order valence-electron chi connectivity index (χ0n) is 9.70. The number of hydrazine groups is 1. The number of nitrogens with two attached hydrogens (primary N) is 1. The molecule has 1 aliphatic rings. The number of aryl methyl sites for hydroxylation is 2. The molecule has 16 heavy (non-hydrogen) atoms. The van der Waals surface area contributed by atoms with Gasteiger partial charge in [0.2, 0.25) is 0 Å². The summed E-state index contributed by atoms with van der Waals surface area (Å²) in [4.78, 5) is 4.54. The molecule has 0 unspecified atom stereocenters. The summed E-state index contributed by atoms with van der Waals surface area (Å²) in [5.74, 6) is 6.26. The third-order valence-electron chi connectivity index (χ3n) is 2.58. The Morgan fingerprint density at radius 2 is 2.31 bits per heavy atom. The van der Waals surface area contributed by atoms with E-state index < -0.39 is 0 Å². The maximum absolute atomic E-state index is 5.53. The highest BCUT2D eigenvalue weighted by Gasteiger charge is 2.22. The van der Waals surface area contributed by atoms with E-state index in [2.05, 4.69) is 20.6 Å². The Hall–Kier alpha value is -1.49. The van der Waals surface area contributed by atoms with E-state index in [4.69, 9.17) is 5.84 Å². The van der Waals surface area contributed by atoms with Crippen LogP contribution in [-0.4, -0.2) is 22.1 Å². The standard InChI is InChI=1S/C11H17N5/c1-3-10-9(6-7(2)15-16-10)11(14-12)13-8-4-5-8/h6,8H,3-5,12H2,1-2H3,(H,13,14). The second-order valence-corrected chi connectivity index (χ2v) is 4.05. The van der Waals surface area contributed by atoms with E-state index in [0.717, 1.165) is 42.0 Å². The van der Waals surface area contributed by atoms with Gasteiger partial charge in [-0.2, -0.15) is 10.2 Å². The summed E-state index contributed by atoms with van der Waals surface area (Å²) in [5.41, 5.74) is 5.46. The fourth-order valence-electron chi connectivity index (χ4n) is 1.55. The van der Waals surface area contributed by atoms with Crippen LogP contribution in [0, 0.1) is 6.92 Å². The van der Waals surface area contributed by atoms with Gasteiger partial charge in [-0.25, -0.2) is 5.84 Å². The van der Waals surface area contributed by atoms with E-state index in [1.165, 1.54) is 0 Å². The quantitative estimate of drug-likeness (QED) is 0.340. The first-order chi connectivity index (χ1) is 7.74. The van der Waals surface area contributed by atoms with Crippen LogP contribution in [0.3, 0.4) is 0 Å². The molecular weight excluding hydrogens is 202 g/mol. The topological polar surface area (TPSA) is 76.2 Å². The lowest BCUT2D eigenvalue weighted by molar-refractivity contribution is 0.876. The molecule has 1 aliphatic carbocycles. The van der Waals surface area contributed by atoms with Crippen LogP contribution in [-0.2, 0) is 6.42 Å². The number of nitrogens with zero attached hydrogens (tertiary/aromatic N) is 3. The van der Waals surface area contributed by atoms with Crippen LogP contribution in [0.4, 0.5) is 0 Å². The molecule has 0 aliphatic heterocycles. The monoisotopic (exact) mass is 219 g/mol. The van der Waals surface area contributed by atoms with Gasteiger partial charge < -0.3 is 5.43 Å². The van der Waals surface area contributed by atoms with Crippen molar-refractivity contribution in [1.82, 2.24) is 15.6 Å². The van der Waals surface area contributed by atoms with E-state index in [0.29, 0.717) is 6.04 Å². The van der Waals surface area contributed by atoms with E-state index >= 15 is 0 Å². The Morgan fingerprint density at radius 3 is 2.88 bits per heavy atom. The molecule has 5 heteroatoms. The van der Waals surface area contributed by atoms with E-state index in [1.54, 1.807) is 0 Å². The highest BCUT2D eigenvalue weighted by Crippen LogP contribution is 2.24. The summed E-state index contributed by atoms with van der Waals surface area (Å²) in [5, 5.41) is 8.22. The summed E-state index contributed by atoms with van der Waals surface area (Å²) in [7, 11) is 0. The molecular formula is C11H17N5. The molecule has 0 aromatic carbocycles. The summed E-state index contributed by atoms with van der Waals surface area (Å²) >= 11 is 0. The molecule has 0 spiro atoms. The van der Waals surface area contributed by atoms with Gasteiger partial charge in [0.15, 0.2) is 0 Å². The fraction of sp³-hybridized carbons (Fsp3) is 0.545. The van der Waals surface area contributed by atoms with Crippen molar-refractivity contribution < 1.29 is 0 Å². The van der Waals surface area contributed by atoms with Crippen LogP contribution >= 0.6 is 0 Å². The molecule has 3 N–H and O–H groups in total. The van der Waals surface area contributed by atoms with Gasteiger partial charge in [-0.15, -0.1) is 0 Å². The molecule has 1 fully saturated rings. The first-order valence-corrected chi connectivity index (χ1v) is 5.62. The normalized spacial score (nSPS) is 16.3. The molecule has 0 bridgehead atoms. The predicted molar refractivity (Wildman–Crippen MR) is 63.0 cm³/mol. The molecule has 1 heterocycles. The summed E-state index contributed by atoms with van der Waals surface area (Å²) in [6.07, 6.45) is 3.14. The molecule has 1 saturated carbocycles. The Balaban J connectivity index is 2.38. The number of amidine groups is 1. The van der Waals surface area contributed by atoms with Crippen molar-refractivity contribution >= 4 is 5.84 Å². The van der Waals surface area contributed by atoms with Gasteiger partial charge in [0.25, 0.3) is 0 Å². The van der Waals surface area contributed by atoms with Gasteiger partial charge in [-0.1, -0.05) is 6.92 Å². The van der Waals surface area contributed by atoms with E-state index in [1.807, 2.05) is 19.9 Å². The number of rotatable bonds is 3. The van der Waals surface area contributed by atoms with Gasteiger partial charge in [0.1, 0.15) is 5.84 Å². The number of aromatic nitrogens is 2. The first kappa shape index (κ1) is 11.0. The minimum absolute atomic E-state index is 0.434. The van der Waals surface area contributed by atoms with Gasteiger partial charge in [-0.05, 0) is 32.3 Å². The Labute approximate surface area is 95.1 Å². The fourth-order valence-corrected chi connectivity index (χ4v) is 1.55. The van der Waals surface area contributed by atoms with Crippen LogP contribution in [0.5, 0.6) is 0 Å². The summed E-state index contributed by atoms with van der Waals surface area (Å²) in [6.45, 7) is 3.97. The third-order valence-corrected chi connectivity index (χ3v) is 2.58. The third kappa shape index (κ3) is 2.36. The van der Waals surface area contributed by atoms with Crippen molar-refractivity contribution in [3.63, 3.8) is 0 Å². The molecule has 0 radical (unpaired) electrons. The van der Waals surface area contributed by atoms with Crippen molar-refractivity contribution in [3.8, 4) is 0 Å². The lowest BCUT2D eigenvalue weighted by Gasteiger charge is -2.09. The van der Waals surface area contributed by atoms with Gasteiger partial charge in [0.05, 0.1) is 17.4 Å². The van der Waals surface area contributed by atoms with Crippen LogP contribution in [0.15, 0.2) is 11.1 Å². The zero-order valence-corrected chi connectivity index (χ0v) is 9.70. The molecule has 5 nitrogen and oxygen atoms in total. The molecule has 1 aromatic rings. The molecule has 86 valence electrons. The number of aliphatic imine (C=N–C) groups is 1. The van der Waals surface area contributed by atoms with Crippen molar-refractivity contribution in [2.24, 2.45) is 10.8 Å². The smallest absolute Gasteiger partial charge is 0.144 e. The molecule has 0 atom stereocenters. The molecule has 0 amide bonds. The zero-order chi connectivity index (χ0) is 11.5. The maximum Gasteiger partial charge on any atom is 0.144 e. The second kappa shape index (κ2) is 4.57. The average molecular weight is 219 g/mol. The Kier molecular flexibility index (Phi) is 3.14. The van der Waals surface area contributed by atoms with E-state index in [9.17, 15) is 0 Å². The van der Waals surface area contributed by atoms with Crippen LogP contribution in [0.1, 0.15) is 36.7 Å². The Bertz CT molecular complexity index is 409. The van der Waals surface area contributed by atoms with Crippen LogP contribution < -0.4 is 11.3 Å². The van der Waals surface area contributed by atoms with Crippen molar-refractivity contribution in [1.29, 1.82) is 0 Å². The number of hydrogen-bond acceptors (Lipinski definition) is 4. The summed E-state index contributed by atoms with van der Waals surface area (Å²) < 4.78 is 0. The predicted octanol–water partition coefficient (Wildman–Crippen LogP) is 0.720. The van der Waals surface area contributed by atoms with Gasteiger partial charge in [-0.3, -0.25) is 4.99 Å². The van der Waals surface area contributed by atoms with Gasteiger partial charge >= 0.3 is 0 Å².